The van der Waals surface area contributed by atoms with Gasteiger partial charge in [0.2, 0.25) is 0 Å². The highest BCUT2D eigenvalue weighted by Crippen LogP contribution is 2.13. The van der Waals surface area contributed by atoms with Crippen molar-refractivity contribution in [1.29, 1.82) is 0 Å². The molecule has 0 aliphatic rings. The van der Waals surface area contributed by atoms with Gasteiger partial charge in [-0.05, 0) is 38.5 Å². The number of hydrazone groups is 1. The third kappa shape index (κ3) is 4.03. The highest BCUT2D eigenvalue weighted by molar-refractivity contribution is 5.94. The van der Waals surface area contributed by atoms with Crippen molar-refractivity contribution >= 4 is 12.1 Å². The van der Waals surface area contributed by atoms with Crippen LogP contribution in [0.25, 0.3) is 0 Å². The number of aryl methyl sites for hydroxylation is 2. The molecular weight excluding hydrogens is 326 g/mol. The minimum absolute atomic E-state index is 0.295. The second-order valence-corrected chi connectivity index (χ2v) is 6.17. The molecule has 0 saturated carbocycles. The molecule has 2 aromatic heterocycles. The summed E-state index contributed by atoms with van der Waals surface area (Å²) in [6.45, 7) is 6.70. The molecular formula is C20H21N5O. The number of aromatic nitrogens is 3. The molecule has 1 aromatic carbocycles. The fourth-order valence-corrected chi connectivity index (χ4v) is 2.64. The van der Waals surface area contributed by atoms with Crippen LogP contribution in [-0.2, 0) is 6.54 Å². The smallest absolute Gasteiger partial charge is 0.267 e. The molecule has 6 heteroatoms. The van der Waals surface area contributed by atoms with E-state index >= 15 is 0 Å². The molecule has 1 amide bonds. The van der Waals surface area contributed by atoms with E-state index in [9.17, 15) is 4.79 Å². The summed E-state index contributed by atoms with van der Waals surface area (Å²) in [5.41, 5.74) is 8.19. The van der Waals surface area contributed by atoms with Crippen molar-refractivity contribution in [1.82, 2.24) is 20.2 Å². The molecule has 3 rings (SSSR count). The van der Waals surface area contributed by atoms with Gasteiger partial charge in [0, 0.05) is 23.7 Å². The van der Waals surface area contributed by atoms with Gasteiger partial charge in [0.15, 0.2) is 0 Å². The van der Waals surface area contributed by atoms with E-state index in [1.807, 2.05) is 18.5 Å². The number of hydrogen-bond donors (Lipinski definition) is 1. The summed E-state index contributed by atoms with van der Waals surface area (Å²) < 4.78 is 1.95. The Balaban J connectivity index is 1.71. The molecule has 3 aromatic rings. The minimum atomic E-state index is -0.295. The maximum atomic E-state index is 12.0. The van der Waals surface area contributed by atoms with E-state index in [2.05, 4.69) is 51.8 Å². The lowest BCUT2D eigenvalue weighted by Crippen LogP contribution is -2.17. The topological polar surface area (TPSA) is 72.2 Å². The van der Waals surface area contributed by atoms with Crippen molar-refractivity contribution in [2.45, 2.75) is 27.3 Å². The number of amides is 1. The van der Waals surface area contributed by atoms with Crippen molar-refractivity contribution in [3.05, 3.63) is 82.4 Å². The third-order valence-electron chi connectivity index (χ3n) is 4.17. The predicted octanol–water partition coefficient (Wildman–Crippen LogP) is 3.02. The highest BCUT2D eigenvalue weighted by Gasteiger charge is 2.10. The normalized spacial score (nSPS) is 11.0. The van der Waals surface area contributed by atoms with Crippen LogP contribution in [0.4, 0.5) is 0 Å². The lowest BCUT2D eigenvalue weighted by Gasteiger charge is -2.05. The quantitative estimate of drug-likeness (QED) is 0.570. The molecule has 26 heavy (non-hydrogen) atoms. The predicted molar refractivity (Wildman–Crippen MR) is 101 cm³/mol. The SMILES string of the molecule is Cc1ccc(Cn2nc(C)c(/C=N\NC(=O)c3cccnc3)c2C)cc1. The first kappa shape index (κ1) is 17.5. The zero-order valence-electron chi connectivity index (χ0n) is 15.1. The summed E-state index contributed by atoms with van der Waals surface area (Å²) in [6.07, 6.45) is 4.76. The van der Waals surface area contributed by atoms with E-state index in [0.29, 0.717) is 12.1 Å². The number of rotatable bonds is 5. The van der Waals surface area contributed by atoms with Crippen LogP contribution < -0.4 is 5.43 Å². The number of hydrogen-bond acceptors (Lipinski definition) is 4. The monoisotopic (exact) mass is 347 g/mol. The van der Waals surface area contributed by atoms with Gasteiger partial charge in [0.05, 0.1) is 24.0 Å². The number of carbonyl (C=O) groups excluding carboxylic acids is 1. The van der Waals surface area contributed by atoms with Gasteiger partial charge >= 0.3 is 0 Å². The van der Waals surface area contributed by atoms with E-state index in [0.717, 1.165) is 17.0 Å². The summed E-state index contributed by atoms with van der Waals surface area (Å²) in [5, 5.41) is 8.65. The first-order valence-corrected chi connectivity index (χ1v) is 8.37. The second-order valence-electron chi connectivity index (χ2n) is 6.17. The van der Waals surface area contributed by atoms with Gasteiger partial charge in [0.25, 0.3) is 5.91 Å². The van der Waals surface area contributed by atoms with Gasteiger partial charge in [-0.3, -0.25) is 14.5 Å². The van der Waals surface area contributed by atoms with Crippen LogP contribution in [-0.4, -0.2) is 26.9 Å². The molecule has 0 radical (unpaired) electrons. The maximum Gasteiger partial charge on any atom is 0.272 e. The Morgan fingerprint density at radius 2 is 1.96 bits per heavy atom. The van der Waals surface area contributed by atoms with Crippen molar-refractivity contribution in [2.24, 2.45) is 5.10 Å². The summed E-state index contributed by atoms with van der Waals surface area (Å²) in [5.74, 6) is -0.295. The zero-order valence-corrected chi connectivity index (χ0v) is 15.1. The Bertz CT molecular complexity index is 927. The number of nitrogens with one attached hydrogen (secondary N) is 1. The molecule has 0 aliphatic heterocycles. The highest BCUT2D eigenvalue weighted by atomic mass is 16.2. The third-order valence-corrected chi connectivity index (χ3v) is 4.17. The van der Waals surface area contributed by atoms with E-state index in [1.165, 1.54) is 17.3 Å². The summed E-state index contributed by atoms with van der Waals surface area (Å²) >= 11 is 0. The standard InChI is InChI=1S/C20H21N5O/c1-14-6-8-17(9-7-14)13-25-16(3)19(15(2)24-25)12-22-23-20(26)18-5-4-10-21-11-18/h4-12H,13H2,1-3H3,(H,23,26)/b22-12-. The molecule has 0 saturated heterocycles. The molecule has 0 atom stereocenters. The van der Waals surface area contributed by atoms with Crippen LogP contribution >= 0.6 is 0 Å². The van der Waals surface area contributed by atoms with E-state index < -0.39 is 0 Å². The van der Waals surface area contributed by atoms with Gasteiger partial charge in [-0.25, -0.2) is 5.43 Å². The summed E-state index contributed by atoms with van der Waals surface area (Å²) in [6, 6.07) is 11.8. The Morgan fingerprint density at radius 1 is 1.19 bits per heavy atom. The largest absolute Gasteiger partial charge is 0.272 e. The number of pyridine rings is 1. The number of benzene rings is 1. The van der Waals surface area contributed by atoms with E-state index in [4.69, 9.17) is 0 Å². The van der Waals surface area contributed by atoms with Crippen molar-refractivity contribution < 1.29 is 4.79 Å². The van der Waals surface area contributed by atoms with Crippen molar-refractivity contribution in [3.63, 3.8) is 0 Å². The van der Waals surface area contributed by atoms with Crippen molar-refractivity contribution in [2.75, 3.05) is 0 Å². The summed E-state index contributed by atoms with van der Waals surface area (Å²) in [7, 11) is 0. The fraction of sp³-hybridized carbons (Fsp3) is 0.200. The van der Waals surface area contributed by atoms with E-state index in [1.54, 1.807) is 24.5 Å². The number of nitrogens with zero attached hydrogens (tertiary/aromatic N) is 4. The Hall–Kier alpha value is -3.28. The molecule has 0 aliphatic carbocycles. The maximum absolute atomic E-state index is 12.0. The lowest BCUT2D eigenvalue weighted by molar-refractivity contribution is 0.0955. The van der Waals surface area contributed by atoms with Gasteiger partial charge in [-0.2, -0.15) is 10.2 Å². The first-order valence-electron chi connectivity index (χ1n) is 8.37. The molecule has 1 N–H and O–H groups in total. The van der Waals surface area contributed by atoms with Crippen LogP contribution in [0.15, 0.2) is 53.9 Å². The molecule has 6 nitrogen and oxygen atoms in total. The Morgan fingerprint density at radius 3 is 2.65 bits per heavy atom. The molecule has 2 heterocycles. The fourth-order valence-electron chi connectivity index (χ4n) is 2.64. The minimum Gasteiger partial charge on any atom is -0.267 e. The van der Waals surface area contributed by atoms with Crippen LogP contribution in [0.5, 0.6) is 0 Å². The van der Waals surface area contributed by atoms with Crippen LogP contribution in [0.1, 0.15) is 38.4 Å². The second kappa shape index (κ2) is 7.74. The zero-order chi connectivity index (χ0) is 18.5. The van der Waals surface area contributed by atoms with Crippen LogP contribution in [0.3, 0.4) is 0 Å². The molecule has 0 fully saturated rings. The first-order chi connectivity index (χ1) is 12.5. The molecule has 0 bridgehead atoms. The summed E-state index contributed by atoms with van der Waals surface area (Å²) in [4.78, 5) is 15.9. The van der Waals surface area contributed by atoms with Crippen LogP contribution in [0, 0.1) is 20.8 Å². The van der Waals surface area contributed by atoms with Crippen LogP contribution in [0.2, 0.25) is 0 Å². The van der Waals surface area contributed by atoms with Gasteiger partial charge in [-0.15, -0.1) is 0 Å². The van der Waals surface area contributed by atoms with Gasteiger partial charge in [0.1, 0.15) is 0 Å². The average Bonchev–Trinajstić information content (AvgIpc) is 2.91. The van der Waals surface area contributed by atoms with E-state index in [-0.39, 0.29) is 5.91 Å². The van der Waals surface area contributed by atoms with Crippen molar-refractivity contribution in [3.8, 4) is 0 Å². The van der Waals surface area contributed by atoms with Gasteiger partial charge in [-0.1, -0.05) is 29.8 Å². The Labute approximate surface area is 152 Å². The molecule has 0 unspecified atom stereocenters. The number of carbonyl (C=O) groups is 1. The Kier molecular flexibility index (Phi) is 5.22. The van der Waals surface area contributed by atoms with Gasteiger partial charge < -0.3 is 0 Å². The lowest BCUT2D eigenvalue weighted by atomic mass is 10.1. The average molecular weight is 347 g/mol. The molecule has 132 valence electrons. The molecule has 0 spiro atoms.